The van der Waals surface area contributed by atoms with Gasteiger partial charge >= 0.3 is 6.09 Å². The summed E-state index contributed by atoms with van der Waals surface area (Å²) in [5.41, 5.74) is 0.468. The maximum absolute atomic E-state index is 11.9. The highest BCUT2D eigenvalue weighted by Gasteiger charge is 2.34. The van der Waals surface area contributed by atoms with Crippen LogP contribution in [0.4, 0.5) is 10.5 Å². The van der Waals surface area contributed by atoms with E-state index >= 15 is 0 Å². The Balaban J connectivity index is 1.63. The maximum atomic E-state index is 11.9. The highest BCUT2D eigenvalue weighted by atomic mass is 16.6. The monoisotopic (exact) mass is 373 g/mol. The smallest absolute Gasteiger partial charge is 0.407 e. The minimum Gasteiger partial charge on any atom is -0.444 e. The molecule has 1 aliphatic carbocycles. The van der Waals surface area contributed by atoms with Crippen molar-refractivity contribution in [3.05, 3.63) is 46.1 Å². The summed E-state index contributed by atoms with van der Waals surface area (Å²) < 4.78 is 11.1. The van der Waals surface area contributed by atoms with Crippen LogP contribution in [0.1, 0.15) is 39.2 Å². The van der Waals surface area contributed by atoms with Gasteiger partial charge in [-0.15, -0.1) is 0 Å². The SMILES string of the molecule is CC(C)(C)OC(=O)N[C@@H]1CC[C@H]1OCc1cc([N+](=O)[O-])c2ncccc2c1. The van der Waals surface area contributed by atoms with E-state index in [0.29, 0.717) is 16.5 Å². The van der Waals surface area contributed by atoms with Crippen molar-refractivity contribution in [1.82, 2.24) is 10.3 Å². The number of benzene rings is 1. The summed E-state index contributed by atoms with van der Waals surface area (Å²) in [6.45, 7) is 5.65. The van der Waals surface area contributed by atoms with Gasteiger partial charge in [0.15, 0.2) is 0 Å². The van der Waals surface area contributed by atoms with Crippen LogP contribution >= 0.6 is 0 Å². The predicted octanol–water partition coefficient (Wildman–Crippen LogP) is 3.72. The Morgan fingerprint density at radius 2 is 2.15 bits per heavy atom. The van der Waals surface area contributed by atoms with Gasteiger partial charge in [-0.1, -0.05) is 6.07 Å². The van der Waals surface area contributed by atoms with Crippen LogP contribution in [-0.2, 0) is 16.1 Å². The third-order valence-corrected chi connectivity index (χ3v) is 4.32. The molecular weight excluding hydrogens is 350 g/mol. The molecule has 3 rings (SSSR count). The summed E-state index contributed by atoms with van der Waals surface area (Å²) in [4.78, 5) is 26.9. The number of fused-ring (bicyclic) bond motifs is 1. The summed E-state index contributed by atoms with van der Waals surface area (Å²) in [5.74, 6) is 0. The molecule has 0 spiro atoms. The molecule has 1 heterocycles. The molecule has 1 fully saturated rings. The molecule has 144 valence electrons. The van der Waals surface area contributed by atoms with Crippen molar-refractivity contribution in [2.24, 2.45) is 0 Å². The zero-order valence-electron chi connectivity index (χ0n) is 15.6. The molecule has 8 heteroatoms. The zero-order chi connectivity index (χ0) is 19.6. The van der Waals surface area contributed by atoms with E-state index in [9.17, 15) is 14.9 Å². The fourth-order valence-corrected chi connectivity index (χ4v) is 2.95. The molecule has 1 amide bonds. The lowest BCUT2D eigenvalue weighted by atomic mass is 9.89. The number of ether oxygens (including phenoxy) is 2. The normalized spacial score (nSPS) is 19.4. The number of nitro groups is 1. The van der Waals surface area contributed by atoms with Gasteiger partial charge in [-0.05, 0) is 51.3 Å². The first-order valence-corrected chi connectivity index (χ1v) is 8.86. The first-order valence-electron chi connectivity index (χ1n) is 8.86. The minimum atomic E-state index is -0.553. The molecule has 1 aliphatic rings. The Bertz CT molecular complexity index is 862. The number of hydrogen-bond donors (Lipinski definition) is 1. The van der Waals surface area contributed by atoms with Crippen LogP contribution in [0.5, 0.6) is 0 Å². The Kier molecular flexibility index (Phi) is 5.27. The van der Waals surface area contributed by atoms with Crippen molar-refractivity contribution < 1.29 is 19.2 Å². The third-order valence-electron chi connectivity index (χ3n) is 4.32. The second kappa shape index (κ2) is 7.48. The second-order valence-corrected chi connectivity index (χ2v) is 7.63. The standard InChI is InChI=1S/C19H23N3O5/c1-19(2,3)27-18(23)21-14-6-7-16(14)26-11-12-9-13-5-4-8-20-17(13)15(10-12)22(24)25/h4-5,8-10,14,16H,6-7,11H2,1-3H3,(H,21,23)/t14-,16-/m1/s1. The van der Waals surface area contributed by atoms with Gasteiger partial charge in [-0.3, -0.25) is 10.1 Å². The first kappa shape index (κ1) is 19.0. The van der Waals surface area contributed by atoms with Crippen molar-refractivity contribution in [3.63, 3.8) is 0 Å². The topological polar surface area (TPSA) is 104 Å². The molecule has 2 aromatic rings. The van der Waals surface area contributed by atoms with Crippen molar-refractivity contribution >= 4 is 22.7 Å². The number of hydrogen-bond acceptors (Lipinski definition) is 6. The van der Waals surface area contributed by atoms with Crippen LogP contribution < -0.4 is 5.32 Å². The van der Waals surface area contributed by atoms with E-state index in [0.717, 1.165) is 12.8 Å². The van der Waals surface area contributed by atoms with Crippen molar-refractivity contribution in [2.75, 3.05) is 0 Å². The number of amides is 1. The molecule has 0 saturated heterocycles. The number of alkyl carbamates (subject to hydrolysis) is 1. The van der Waals surface area contributed by atoms with Crippen molar-refractivity contribution in [3.8, 4) is 0 Å². The Morgan fingerprint density at radius 1 is 1.37 bits per heavy atom. The fourth-order valence-electron chi connectivity index (χ4n) is 2.95. The molecule has 1 aromatic heterocycles. The third kappa shape index (κ3) is 4.71. The van der Waals surface area contributed by atoms with Crippen LogP contribution in [0, 0.1) is 10.1 Å². The number of pyridine rings is 1. The summed E-state index contributed by atoms with van der Waals surface area (Å²) in [7, 11) is 0. The molecule has 8 nitrogen and oxygen atoms in total. The Labute approximate surface area is 157 Å². The van der Waals surface area contributed by atoms with Gasteiger partial charge in [0.1, 0.15) is 11.1 Å². The lowest BCUT2D eigenvalue weighted by Crippen LogP contribution is -2.52. The van der Waals surface area contributed by atoms with E-state index in [2.05, 4.69) is 10.3 Å². The molecule has 1 aromatic carbocycles. The van der Waals surface area contributed by atoms with Crippen LogP contribution in [0.15, 0.2) is 30.5 Å². The Morgan fingerprint density at radius 3 is 2.78 bits per heavy atom. The van der Waals surface area contributed by atoms with Crippen molar-refractivity contribution in [2.45, 2.75) is 58.0 Å². The summed E-state index contributed by atoms with van der Waals surface area (Å²) >= 11 is 0. The molecule has 1 saturated carbocycles. The lowest BCUT2D eigenvalue weighted by molar-refractivity contribution is -0.383. The number of nitrogens with zero attached hydrogens (tertiary/aromatic N) is 2. The lowest BCUT2D eigenvalue weighted by Gasteiger charge is -2.37. The molecule has 1 N–H and O–H groups in total. The number of carbonyl (C=O) groups is 1. The molecule has 0 unspecified atom stereocenters. The highest BCUT2D eigenvalue weighted by Crippen LogP contribution is 2.28. The van der Waals surface area contributed by atoms with E-state index in [-0.39, 0.29) is 24.4 Å². The van der Waals surface area contributed by atoms with Gasteiger partial charge in [0.05, 0.1) is 23.7 Å². The minimum absolute atomic E-state index is 0.0382. The average Bonchev–Trinajstić information content (AvgIpc) is 2.56. The summed E-state index contributed by atoms with van der Waals surface area (Å²) in [6, 6.07) is 6.74. The summed E-state index contributed by atoms with van der Waals surface area (Å²) in [6.07, 6.45) is 2.56. The van der Waals surface area contributed by atoms with E-state index in [1.54, 1.807) is 12.1 Å². The quantitative estimate of drug-likeness (QED) is 0.633. The summed E-state index contributed by atoms with van der Waals surface area (Å²) in [5, 5.41) is 14.8. The number of non-ortho nitro benzene ring substituents is 1. The predicted molar refractivity (Wildman–Crippen MR) is 99.4 cm³/mol. The zero-order valence-corrected chi connectivity index (χ0v) is 15.6. The van der Waals surface area contributed by atoms with Crippen LogP contribution in [0.2, 0.25) is 0 Å². The number of nitro benzene ring substituents is 1. The highest BCUT2D eigenvalue weighted by molar-refractivity contribution is 5.87. The molecule has 27 heavy (non-hydrogen) atoms. The fraction of sp³-hybridized carbons (Fsp3) is 0.474. The van der Waals surface area contributed by atoms with Crippen LogP contribution in [0.3, 0.4) is 0 Å². The van der Waals surface area contributed by atoms with Gasteiger partial charge in [-0.2, -0.15) is 0 Å². The molecule has 0 radical (unpaired) electrons. The van der Waals surface area contributed by atoms with Crippen molar-refractivity contribution in [1.29, 1.82) is 0 Å². The van der Waals surface area contributed by atoms with E-state index in [1.165, 1.54) is 12.3 Å². The molecular formula is C19H23N3O5. The molecule has 0 aliphatic heterocycles. The largest absolute Gasteiger partial charge is 0.444 e. The van der Waals surface area contributed by atoms with Crippen LogP contribution in [-0.4, -0.2) is 33.7 Å². The first-order chi connectivity index (χ1) is 12.7. The van der Waals surface area contributed by atoms with E-state index in [1.807, 2.05) is 26.8 Å². The number of carbonyl (C=O) groups excluding carboxylic acids is 1. The van der Waals surface area contributed by atoms with Crippen LogP contribution in [0.25, 0.3) is 10.9 Å². The van der Waals surface area contributed by atoms with Gasteiger partial charge in [0.25, 0.3) is 5.69 Å². The molecule has 0 bridgehead atoms. The van der Waals surface area contributed by atoms with E-state index < -0.39 is 16.6 Å². The second-order valence-electron chi connectivity index (χ2n) is 7.63. The Hall–Kier alpha value is -2.74. The van der Waals surface area contributed by atoms with Gasteiger partial charge in [0.2, 0.25) is 0 Å². The number of rotatable bonds is 5. The molecule has 2 atom stereocenters. The van der Waals surface area contributed by atoms with Gasteiger partial charge < -0.3 is 14.8 Å². The van der Waals surface area contributed by atoms with Gasteiger partial charge in [0, 0.05) is 17.6 Å². The number of nitrogens with one attached hydrogen (secondary N) is 1. The average molecular weight is 373 g/mol. The van der Waals surface area contributed by atoms with Gasteiger partial charge in [-0.25, -0.2) is 9.78 Å². The number of aromatic nitrogens is 1. The maximum Gasteiger partial charge on any atom is 0.407 e. The van der Waals surface area contributed by atoms with E-state index in [4.69, 9.17) is 9.47 Å².